The number of aliphatic hydroxyl groups is 1. The van der Waals surface area contributed by atoms with Crippen molar-refractivity contribution in [3.63, 3.8) is 0 Å². The maximum absolute atomic E-state index is 10.8. The van der Waals surface area contributed by atoms with Gasteiger partial charge in [0.25, 0.3) is 0 Å². The Kier molecular flexibility index (Phi) is 7.37. The number of nitrogens with one attached hydrogen (secondary N) is 3. The Labute approximate surface area is 189 Å². The van der Waals surface area contributed by atoms with Crippen molar-refractivity contribution in [2.24, 2.45) is 17.8 Å². The van der Waals surface area contributed by atoms with E-state index in [1.54, 1.807) is 6.20 Å². The van der Waals surface area contributed by atoms with Crippen LogP contribution in [0.25, 0.3) is 11.0 Å². The molecule has 4 aliphatic carbocycles. The SMILES string of the molecule is CCOC(=N)c1cnc2[nH]ccc2c1N[C@H]1C2CC3CC1C[C@@](O)(C3)C2.Cl.Cl.Cl. The van der Waals surface area contributed by atoms with E-state index in [2.05, 4.69) is 15.3 Å². The van der Waals surface area contributed by atoms with Crippen LogP contribution in [-0.2, 0) is 4.74 Å². The second-order valence-corrected chi connectivity index (χ2v) is 8.41. The molecule has 0 amide bonds. The quantitative estimate of drug-likeness (QED) is 0.395. The molecule has 2 aromatic heterocycles. The van der Waals surface area contributed by atoms with Crippen molar-refractivity contribution >= 4 is 59.8 Å². The molecule has 0 aliphatic heterocycles. The van der Waals surface area contributed by atoms with Crippen molar-refractivity contribution < 1.29 is 9.84 Å². The van der Waals surface area contributed by atoms with E-state index in [4.69, 9.17) is 10.1 Å². The van der Waals surface area contributed by atoms with Gasteiger partial charge in [-0.2, -0.15) is 0 Å². The summed E-state index contributed by atoms with van der Waals surface area (Å²) in [5.41, 5.74) is 2.05. The first-order chi connectivity index (χ1) is 12.6. The first kappa shape index (κ1) is 24.1. The summed E-state index contributed by atoms with van der Waals surface area (Å²) in [6.45, 7) is 2.36. The van der Waals surface area contributed by atoms with E-state index in [0.717, 1.165) is 36.0 Å². The average Bonchev–Trinajstić information content (AvgIpc) is 3.05. The van der Waals surface area contributed by atoms with Crippen molar-refractivity contribution in [2.75, 3.05) is 11.9 Å². The van der Waals surface area contributed by atoms with E-state index in [1.165, 1.54) is 12.8 Å². The van der Waals surface area contributed by atoms with Crippen LogP contribution in [0, 0.1) is 23.2 Å². The Morgan fingerprint density at radius 3 is 2.59 bits per heavy atom. The predicted octanol–water partition coefficient (Wildman–Crippen LogP) is 4.54. The van der Waals surface area contributed by atoms with Crippen molar-refractivity contribution in [3.8, 4) is 0 Å². The van der Waals surface area contributed by atoms with Gasteiger partial charge in [-0.1, -0.05) is 0 Å². The second-order valence-electron chi connectivity index (χ2n) is 8.41. The van der Waals surface area contributed by atoms with Crippen LogP contribution in [0.1, 0.15) is 44.6 Å². The van der Waals surface area contributed by atoms with Crippen LogP contribution in [0.5, 0.6) is 0 Å². The van der Waals surface area contributed by atoms with E-state index in [1.807, 2.05) is 19.2 Å². The number of H-pyrrole nitrogens is 1. The molecule has 4 aliphatic rings. The monoisotopic (exact) mass is 462 g/mol. The van der Waals surface area contributed by atoms with Gasteiger partial charge in [0.1, 0.15) is 5.65 Å². The molecule has 4 N–H and O–H groups in total. The van der Waals surface area contributed by atoms with Crippen LogP contribution < -0.4 is 5.32 Å². The molecule has 2 heterocycles. The Hall–Kier alpha value is -1.21. The third-order valence-corrected chi connectivity index (χ3v) is 6.67. The molecule has 0 aromatic carbocycles. The number of fused-ring (bicyclic) bond motifs is 1. The number of rotatable bonds is 4. The highest BCUT2D eigenvalue weighted by molar-refractivity contribution is 6.05. The number of aromatic nitrogens is 2. The molecule has 4 fully saturated rings. The van der Waals surface area contributed by atoms with E-state index in [9.17, 15) is 5.11 Å². The number of anilines is 1. The lowest BCUT2D eigenvalue weighted by molar-refractivity contribution is -0.129. The zero-order valence-corrected chi connectivity index (χ0v) is 18.8. The van der Waals surface area contributed by atoms with Crippen LogP contribution in [0.15, 0.2) is 18.5 Å². The molecule has 4 saturated carbocycles. The summed E-state index contributed by atoms with van der Waals surface area (Å²) < 4.78 is 5.47. The van der Waals surface area contributed by atoms with E-state index in [-0.39, 0.29) is 43.1 Å². The maximum Gasteiger partial charge on any atom is 0.216 e. The van der Waals surface area contributed by atoms with Gasteiger partial charge in [0, 0.05) is 23.8 Å². The van der Waals surface area contributed by atoms with Gasteiger partial charge >= 0.3 is 0 Å². The fraction of sp³-hybridized carbons (Fsp3) is 0.600. The van der Waals surface area contributed by atoms with Gasteiger partial charge in [0.05, 0.1) is 23.5 Å². The highest BCUT2D eigenvalue weighted by Crippen LogP contribution is 2.56. The van der Waals surface area contributed by atoms with Crippen LogP contribution >= 0.6 is 37.2 Å². The molecular weight excluding hydrogens is 435 g/mol. The van der Waals surface area contributed by atoms with Crippen LogP contribution in [0.2, 0.25) is 0 Å². The Morgan fingerprint density at radius 2 is 1.97 bits per heavy atom. The zero-order valence-electron chi connectivity index (χ0n) is 16.3. The molecule has 2 atom stereocenters. The smallest absolute Gasteiger partial charge is 0.216 e. The Bertz CT molecular complexity index is 859. The van der Waals surface area contributed by atoms with Gasteiger partial charge in [-0.15, -0.1) is 37.2 Å². The lowest BCUT2D eigenvalue weighted by Crippen LogP contribution is -2.59. The fourth-order valence-electron chi connectivity index (χ4n) is 5.94. The second kappa shape index (κ2) is 8.88. The number of ether oxygens (including phenoxy) is 1. The summed E-state index contributed by atoms with van der Waals surface area (Å²) in [6.07, 6.45) is 8.81. The minimum atomic E-state index is -0.433. The average molecular weight is 464 g/mol. The number of aromatic amines is 1. The van der Waals surface area contributed by atoms with Crippen molar-refractivity contribution in [1.82, 2.24) is 9.97 Å². The lowest BCUT2D eigenvalue weighted by atomic mass is 9.52. The lowest BCUT2D eigenvalue weighted by Gasteiger charge is -2.58. The molecular formula is C20H29Cl3N4O2. The maximum atomic E-state index is 10.8. The largest absolute Gasteiger partial charge is 0.478 e. The fourth-order valence-corrected chi connectivity index (χ4v) is 5.94. The van der Waals surface area contributed by atoms with Gasteiger partial charge in [-0.25, -0.2) is 4.98 Å². The molecule has 2 aromatic rings. The summed E-state index contributed by atoms with van der Waals surface area (Å²) in [7, 11) is 0. The topological polar surface area (TPSA) is 94.0 Å². The van der Waals surface area contributed by atoms with Gasteiger partial charge in [-0.3, -0.25) is 5.41 Å². The summed E-state index contributed by atoms with van der Waals surface area (Å²) >= 11 is 0. The minimum absolute atomic E-state index is 0. The summed E-state index contributed by atoms with van der Waals surface area (Å²) in [5.74, 6) is 1.85. The van der Waals surface area contributed by atoms with Gasteiger partial charge in [-0.05, 0) is 62.8 Å². The first-order valence-electron chi connectivity index (χ1n) is 9.73. The number of nitrogens with zero attached hydrogens (tertiary/aromatic N) is 1. The molecule has 0 saturated heterocycles. The van der Waals surface area contributed by atoms with Crippen molar-refractivity contribution in [3.05, 3.63) is 24.0 Å². The molecule has 6 rings (SSSR count). The van der Waals surface area contributed by atoms with Gasteiger partial charge < -0.3 is 20.1 Å². The first-order valence-corrected chi connectivity index (χ1v) is 9.73. The molecule has 6 nitrogen and oxygen atoms in total. The summed E-state index contributed by atoms with van der Waals surface area (Å²) in [4.78, 5) is 7.61. The number of hydrogen-bond acceptors (Lipinski definition) is 5. The summed E-state index contributed by atoms with van der Waals surface area (Å²) in [5, 5.41) is 23.9. The number of halogens is 3. The van der Waals surface area contributed by atoms with Crippen LogP contribution in [0.3, 0.4) is 0 Å². The number of hydrogen-bond donors (Lipinski definition) is 4. The van der Waals surface area contributed by atoms with Crippen LogP contribution in [-0.4, -0.2) is 39.2 Å². The standard InChI is InChI=1S/C20H26N4O2.3ClH/c1-2-26-18(21)15-10-23-19-14(3-4-22-19)17(15)24-16-12-5-11-6-13(16)9-20(25,7-11)8-12;;;/h3-4,10-13,16,21,25H,2,5-9H2,1H3,(H2,22,23,24);3*1H/t11?,12?,13?,16-,20+;;;. The van der Waals surface area contributed by atoms with Gasteiger partial charge in [0.2, 0.25) is 5.90 Å². The van der Waals surface area contributed by atoms with Crippen molar-refractivity contribution in [2.45, 2.75) is 50.7 Å². The van der Waals surface area contributed by atoms with E-state index in [0.29, 0.717) is 36.0 Å². The molecule has 29 heavy (non-hydrogen) atoms. The molecule has 9 heteroatoms. The third-order valence-electron chi connectivity index (χ3n) is 6.67. The number of pyridine rings is 1. The predicted molar refractivity (Wildman–Crippen MR) is 122 cm³/mol. The molecule has 2 unspecified atom stereocenters. The Morgan fingerprint density at radius 1 is 1.28 bits per heavy atom. The van der Waals surface area contributed by atoms with E-state index < -0.39 is 5.60 Å². The molecule has 162 valence electrons. The zero-order chi connectivity index (χ0) is 17.9. The molecule has 0 spiro atoms. The highest BCUT2D eigenvalue weighted by Gasteiger charge is 2.54. The highest BCUT2D eigenvalue weighted by atomic mass is 35.5. The molecule has 0 radical (unpaired) electrons. The normalized spacial score (nSPS) is 31.4. The van der Waals surface area contributed by atoms with Gasteiger partial charge in [0.15, 0.2) is 0 Å². The van der Waals surface area contributed by atoms with E-state index >= 15 is 0 Å². The summed E-state index contributed by atoms with van der Waals surface area (Å²) in [6, 6.07) is 2.36. The van der Waals surface area contributed by atoms with Crippen molar-refractivity contribution in [1.29, 1.82) is 5.41 Å². The van der Waals surface area contributed by atoms with Crippen LogP contribution in [0.4, 0.5) is 5.69 Å². The molecule has 4 bridgehead atoms. The third kappa shape index (κ3) is 4.05. The Balaban J connectivity index is 0.000001000. The minimum Gasteiger partial charge on any atom is -0.478 e.